The average Bonchev–Trinajstić information content (AvgIpc) is 2.50. The fraction of sp³-hybridized carbons (Fsp3) is 0.750. The first-order valence-corrected chi connectivity index (χ1v) is 8.61. The van der Waals surface area contributed by atoms with Gasteiger partial charge in [-0.25, -0.2) is 0 Å². The molecule has 8 nitrogen and oxygen atoms in total. The number of hydrogen-bond acceptors (Lipinski definition) is 6. The average molecular weight is 342 g/mol. The van der Waals surface area contributed by atoms with E-state index in [0.717, 1.165) is 25.7 Å². The van der Waals surface area contributed by atoms with Crippen LogP contribution < -0.4 is 0 Å². The minimum atomic E-state index is -0.664. The van der Waals surface area contributed by atoms with E-state index >= 15 is 0 Å². The Morgan fingerprint density at radius 2 is 0.958 bits per heavy atom. The van der Waals surface area contributed by atoms with Gasteiger partial charge in [-0.1, -0.05) is 27.7 Å². The van der Waals surface area contributed by atoms with E-state index in [2.05, 4.69) is 0 Å². The fourth-order valence-corrected chi connectivity index (χ4v) is 2.39. The van der Waals surface area contributed by atoms with Crippen molar-refractivity contribution in [2.45, 2.75) is 53.4 Å². The molecule has 0 radical (unpaired) electrons. The Labute approximate surface area is 144 Å². The molecule has 0 aromatic heterocycles. The number of nitro groups is 2. The third kappa shape index (κ3) is 7.94. The maximum atomic E-state index is 11.4. The van der Waals surface area contributed by atoms with E-state index in [0.29, 0.717) is 26.2 Å². The van der Waals surface area contributed by atoms with Crippen molar-refractivity contribution in [3.63, 3.8) is 0 Å². The summed E-state index contributed by atoms with van der Waals surface area (Å²) in [5, 5.41) is 22.9. The smallest absolute Gasteiger partial charge is 0.363 e. The Hall–Kier alpha value is -2.12. The van der Waals surface area contributed by atoms with Gasteiger partial charge in [0.2, 0.25) is 0 Å². The molecule has 0 saturated carbocycles. The van der Waals surface area contributed by atoms with Crippen molar-refractivity contribution in [3.05, 3.63) is 44.0 Å². The molecule has 0 aromatic carbocycles. The van der Waals surface area contributed by atoms with Crippen LogP contribution in [-0.4, -0.2) is 45.8 Å². The first-order chi connectivity index (χ1) is 11.4. The second kappa shape index (κ2) is 12.3. The van der Waals surface area contributed by atoms with E-state index in [1.807, 2.05) is 27.7 Å². The topological polar surface area (TPSA) is 92.8 Å². The summed E-state index contributed by atoms with van der Waals surface area (Å²) in [6.07, 6.45) is 5.90. The molecular formula is C16H30N4O4. The monoisotopic (exact) mass is 342 g/mol. The summed E-state index contributed by atoms with van der Waals surface area (Å²) < 4.78 is 0. The van der Waals surface area contributed by atoms with Crippen molar-refractivity contribution in [1.82, 2.24) is 9.80 Å². The predicted molar refractivity (Wildman–Crippen MR) is 94.5 cm³/mol. The fourth-order valence-electron chi connectivity index (χ4n) is 2.39. The van der Waals surface area contributed by atoms with Gasteiger partial charge in [0, 0.05) is 26.2 Å². The Morgan fingerprint density at radius 1 is 0.708 bits per heavy atom. The molecule has 0 N–H and O–H groups in total. The lowest BCUT2D eigenvalue weighted by molar-refractivity contribution is -0.480. The highest BCUT2D eigenvalue weighted by Gasteiger charge is 2.30. The maximum Gasteiger partial charge on any atom is 0.363 e. The molecule has 0 saturated heterocycles. The Kier molecular flexibility index (Phi) is 11.2. The lowest BCUT2D eigenvalue weighted by Crippen LogP contribution is -2.25. The van der Waals surface area contributed by atoms with Gasteiger partial charge in [-0.05, 0) is 25.7 Å². The van der Waals surface area contributed by atoms with Gasteiger partial charge in [-0.3, -0.25) is 20.2 Å². The van der Waals surface area contributed by atoms with Gasteiger partial charge in [0.05, 0.1) is 22.2 Å². The van der Waals surface area contributed by atoms with Crippen LogP contribution in [0.15, 0.2) is 23.8 Å². The zero-order chi connectivity index (χ0) is 18.5. The zero-order valence-corrected chi connectivity index (χ0v) is 15.2. The molecule has 0 spiro atoms. The van der Waals surface area contributed by atoms with Crippen molar-refractivity contribution in [3.8, 4) is 0 Å². The molecule has 0 aliphatic carbocycles. The minimum Gasteiger partial charge on any atom is -0.372 e. The van der Waals surface area contributed by atoms with Gasteiger partial charge in [0.15, 0.2) is 0 Å². The molecule has 138 valence electrons. The molecule has 0 aromatic rings. The quantitative estimate of drug-likeness (QED) is 0.289. The van der Waals surface area contributed by atoms with E-state index in [1.165, 1.54) is 12.4 Å². The lowest BCUT2D eigenvalue weighted by atomic mass is 10.3. The molecule has 0 unspecified atom stereocenters. The lowest BCUT2D eigenvalue weighted by Gasteiger charge is -2.19. The molecule has 0 aliphatic rings. The van der Waals surface area contributed by atoms with Gasteiger partial charge in [0.1, 0.15) is 0 Å². The number of nitrogens with zero attached hydrogens (tertiary/aromatic N) is 4. The standard InChI is InChI=1S/C16H30N4O4/c1-5-9-17(10-6-2)13-15(19(21)22)16(20(23)24)14-18(11-7-3)12-8-4/h13-14H,5-12H2,1-4H3/b15-13+,16-14+. The highest BCUT2D eigenvalue weighted by atomic mass is 16.6. The predicted octanol–water partition coefficient (Wildman–Crippen LogP) is 3.47. The third-order valence-corrected chi connectivity index (χ3v) is 3.31. The molecule has 0 atom stereocenters. The molecule has 0 bridgehead atoms. The Morgan fingerprint density at radius 3 is 1.12 bits per heavy atom. The molecule has 0 heterocycles. The number of rotatable bonds is 13. The summed E-state index contributed by atoms with van der Waals surface area (Å²) >= 11 is 0. The van der Waals surface area contributed by atoms with Gasteiger partial charge in [0.25, 0.3) is 0 Å². The van der Waals surface area contributed by atoms with Gasteiger partial charge < -0.3 is 9.80 Å². The molecule has 8 heteroatoms. The van der Waals surface area contributed by atoms with Crippen LogP contribution in [0.3, 0.4) is 0 Å². The van der Waals surface area contributed by atoms with Crippen LogP contribution in [-0.2, 0) is 0 Å². The van der Waals surface area contributed by atoms with E-state index in [-0.39, 0.29) is 0 Å². The van der Waals surface area contributed by atoms with Crippen LogP contribution in [0.4, 0.5) is 0 Å². The highest BCUT2D eigenvalue weighted by Crippen LogP contribution is 2.15. The van der Waals surface area contributed by atoms with Crippen LogP contribution in [0.5, 0.6) is 0 Å². The van der Waals surface area contributed by atoms with Crippen molar-refractivity contribution < 1.29 is 9.85 Å². The minimum absolute atomic E-state index is 0.459. The van der Waals surface area contributed by atoms with Crippen molar-refractivity contribution >= 4 is 0 Å². The van der Waals surface area contributed by atoms with E-state index in [1.54, 1.807) is 9.80 Å². The normalized spacial score (nSPS) is 12.2. The molecule has 24 heavy (non-hydrogen) atoms. The van der Waals surface area contributed by atoms with Crippen molar-refractivity contribution in [1.29, 1.82) is 0 Å². The summed E-state index contributed by atoms with van der Waals surface area (Å²) in [6, 6.07) is 0. The Balaban J connectivity index is 5.80. The maximum absolute atomic E-state index is 11.4. The largest absolute Gasteiger partial charge is 0.372 e. The first-order valence-electron chi connectivity index (χ1n) is 8.61. The zero-order valence-electron chi connectivity index (χ0n) is 15.2. The Bertz CT molecular complexity index is 409. The SMILES string of the molecule is CCCN(/C=C(\C(=C/N(CCC)CCC)[N+](=O)[O-])[N+](=O)[O-])CCC. The second-order valence-corrected chi connectivity index (χ2v) is 5.61. The van der Waals surface area contributed by atoms with Crippen molar-refractivity contribution in [2.75, 3.05) is 26.2 Å². The van der Waals surface area contributed by atoms with Crippen LogP contribution in [0, 0.1) is 20.2 Å². The van der Waals surface area contributed by atoms with Crippen molar-refractivity contribution in [2.24, 2.45) is 0 Å². The van der Waals surface area contributed by atoms with Crippen LogP contribution >= 0.6 is 0 Å². The van der Waals surface area contributed by atoms with Gasteiger partial charge in [-0.15, -0.1) is 0 Å². The van der Waals surface area contributed by atoms with Gasteiger partial charge >= 0.3 is 11.4 Å². The highest BCUT2D eigenvalue weighted by molar-refractivity contribution is 5.17. The van der Waals surface area contributed by atoms with Crippen LogP contribution in [0.1, 0.15) is 53.4 Å². The summed E-state index contributed by atoms with van der Waals surface area (Å²) in [5.74, 6) is 0. The summed E-state index contributed by atoms with van der Waals surface area (Å²) in [5.41, 5.74) is -0.918. The van der Waals surface area contributed by atoms with Crippen LogP contribution in [0.2, 0.25) is 0 Å². The van der Waals surface area contributed by atoms with Gasteiger partial charge in [-0.2, -0.15) is 0 Å². The summed E-state index contributed by atoms with van der Waals surface area (Å²) in [4.78, 5) is 25.1. The molecular weight excluding hydrogens is 312 g/mol. The molecule has 0 rings (SSSR count). The summed E-state index contributed by atoms with van der Waals surface area (Å²) in [7, 11) is 0. The first kappa shape index (κ1) is 21.9. The van der Waals surface area contributed by atoms with E-state index < -0.39 is 21.2 Å². The third-order valence-electron chi connectivity index (χ3n) is 3.31. The van der Waals surface area contributed by atoms with E-state index in [9.17, 15) is 20.2 Å². The molecule has 0 fully saturated rings. The summed E-state index contributed by atoms with van der Waals surface area (Å²) in [6.45, 7) is 10.4. The van der Waals surface area contributed by atoms with E-state index in [4.69, 9.17) is 0 Å². The molecule has 0 amide bonds. The molecule has 0 aliphatic heterocycles. The second-order valence-electron chi connectivity index (χ2n) is 5.61. The number of hydrogen-bond donors (Lipinski definition) is 0. The van der Waals surface area contributed by atoms with Crippen LogP contribution in [0.25, 0.3) is 0 Å².